The Balaban J connectivity index is 1.07. The van der Waals surface area contributed by atoms with Crippen molar-refractivity contribution in [3.05, 3.63) is 120 Å². The van der Waals surface area contributed by atoms with Crippen molar-refractivity contribution in [2.75, 3.05) is 20.3 Å². The molecule has 1 aliphatic rings. The predicted octanol–water partition coefficient (Wildman–Crippen LogP) is 7.32. The lowest BCUT2D eigenvalue weighted by Crippen LogP contribution is -2.29. The summed E-state index contributed by atoms with van der Waals surface area (Å²) >= 11 is 0. The minimum absolute atomic E-state index is 0.00812. The molecule has 0 N–H and O–H groups in total. The Hall–Kier alpha value is -4.22. The summed E-state index contributed by atoms with van der Waals surface area (Å²) in [5, 5.41) is 0. The minimum Gasteiger partial charge on any atom is -0.462 e. The van der Waals surface area contributed by atoms with Crippen molar-refractivity contribution in [2.45, 2.75) is 19.4 Å². The third-order valence-corrected chi connectivity index (χ3v) is 7.59. The quantitative estimate of drug-likeness (QED) is 0.189. The zero-order valence-electron chi connectivity index (χ0n) is 22.9. The highest BCUT2D eigenvalue weighted by Gasteiger charge is 2.46. The molecule has 0 unspecified atom stereocenters. The van der Waals surface area contributed by atoms with Crippen molar-refractivity contribution in [2.24, 2.45) is 17.8 Å². The van der Waals surface area contributed by atoms with Crippen LogP contribution in [0.4, 0.5) is 0 Å². The number of hydrogen-bond acceptors (Lipinski definition) is 5. The van der Waals surface area contributed by atoms with Crippen molar-refractivity contribution in [3.8, 4) is 22.3 Å². The first kappa shape index (κ1) is 27.4. The maximum atomic E-state index is 12.7. The summed E-state index contributed by atoms with van der Waals surface area (Å²) in [5.41, 5.74) is 5.38. The molecule has 0 bridgehead atoms. The molecule has 0 aromatic heterocycles. The third-order valence-electron chi connectivity index (χ3n) is 7.59. The highest BCUT2D eigenvalue weighted by Crippen LogP contribution is 2.45. The van der Waals surface area contributed by atoms with Gasteiger partial charge in [-0.25, -0.2) is 9.59 Å². The van der Waals surface area contributed by atoms with Gasteiger partial charge in [-0.15, -0.1) is 0 Å². The molecule has 5 rings (SSSR count). The molecule has 0 amide bonds. The molecule has 40 heavy (non-hydrogen) atoms. The number of methoxy groups -OCH3 is 1. The van der Waals surface area contributed by atoms with E-state index < -0.39 is 0 Å². The van der Waals surface area contributed by atoms with E-state index in [9.17, 15) is 9.59 Å². The third kappa shape index (κ3) is 6.67. The first-order valence-corrected chi connectivity index (χ1v) is 13.7. The number of carbonyl (C=O) groups is 2. The Kier molecular flexibility index (Phi) is 8.72. The fourth-order valence-corrected chi connectivity index (χ4v) is 5.20. The molecule has 4 aromatic carbocycles. The maximum Gasteiger partial charge on any atom is 0.338 e. The lowest BCUT2D eigenvalue weighted by atomic mass is 10.00. The molecule has 4 atom stereocenters. The Labute approximate surface area is 235 Å². The molecule has 0 radical (unpaired) electrons. The molecule has 4 aromatic rings. The summed E-state index contributed by atoms with van der Waals surface area (Å²) in [4.78, 5) is 25.3. The van der Waals surface area contributed by atoms with Gasteiger partial charge in [-0.1, -0.05) is 91.9 Å². The van der Waals surface area contributed by atoms with E-state index in [2.05, 4.69) is 0 Å². The standard InChI is InChI=1S/C35H34O5/c1-24(22-39-34(36)29-17-13-27(14-18-29)25-9-5-3-6-10-25)33(38-2)32-21-31(32)23-40-35(37)30-19-15-28(16-20-30)26-11-7-4-8-12-26/h3-20,24,31-33H,21-23H2,1-2H3/t24-,31-,32+,33+/m1/s1. The first-order chi connectivity index (χ1) is 19.5. The number of ether oxygens (including phenoxy) is 3. The topological polar surface area (TPSA) is 61.8 Å². The van der Waals surface area contributed by atoms with E-state index in [1.165, 1.54) is 0 Å². The van der Waals surface area contributed by atoms with Gasteiger partial charge in [0, 0.05) is 13.0 Å². The van der Waals surface area contributed by atoms with Crippen molar-refractivity contribution >= 4 is 11.9 Å². The van der Waals surface area contributed by atoms with Crippen molar-refractivity contribution in [3.63, 3.8) is 0 Å². The van der Waals surface area contributed by atoms with Crippen molar-refractivity contribution in [1.29, 1.82) is 0 Å². The van der Waals surface area contributed by atoms with Crippen LogP contribution in [0, 0.1) is 17.8 Å². The van der Waals surface area contributed by atoms with Crippen LogP contribution in [0.5, 0.6) is 0 Å². The van der Waals surface area contributed by atoms with Gasteiger partial charge >= 0.3 is 11.9 Å². The molecule has 0 aliphatic heterocycles. The van der Waals surface area contributed by atoms with E-state index in [1.807, 2.05) is 91.9 Å². The maximum absolute atomic E-state index is 12.7. The van der Waals surface area contributed by atoms with Crippen LogP contribution in [0.1, 0.15) is 34.1 Å². The van der Waals surface area contributed by atoms with Gasteiger partial charge in [0.2, 0.25) is 0 Å². The summed E-state index contributed by atoms with van der Waals surface area (Å²) in [6.07, 6.45) is 0.833. The van der Waals surface area contributed by atoms with Crippen LogP contribution >= 0.6 is 0 Å². The smallest absolute Gasteiger partial charge is 0.338 e. The summed E-state index contributed by atoms with van der Waals surface area (Å²) < 4.78 is 17.0. The fraction of sp³-hybridized carbons (Fsp3) is 0.257. The van der Waals surface area contributed by atoms with Gasteiger partial charge in [0.25, 0.3) is 0 Å². The lowest BCUT2D eigenvalue weighted by molar-refractivity contribution is -0.00346. The van der Waals surface area contributed by atoms with Crippen LogP contribution in [0.2, 0.25) is 0 Å². The van der Waals surface area contributed by atoms with Crippen LogP contribution in [-0.4, -0.2) is 38.4 Å². The highest BCUT2D eigenvalue weighted by molar-refractivity contribution is 5.90. The highest BCUT2D eigenvalue weighted by atomic mass is 16.5. The van der Waals surface area contributed by atoms with Crippen LogP contribution in [0.15, 0.2) is 109 Å². The molecule has 1 fully saturated rings. The molecule has 0 saturated heterocycles. The van der Waals surface area contributed by atoms with Crippen LogP contribution in [0.25, 0.3) is 22.3 Å². The van der Waals surface area contributed by atoms with Gasteiger partial charge in [0.1, 0.15) is 0 Å². The minimum atomic E-state index is -0.346. The first-order valence-electron chi connectivity index (χ1n) is 13.7. The zero-order valence-corrected chi connectivity index (χ0v) is 22.9. The van der Waals surface area contributed by atoms with Crippen molar-refractivity contribution in [1.82, 2.24) is 0 Å². The van der Waals surface area contributed by atoms with E-state index in [-0.39, 0.29) is 42.4 Å². The van der Waals surface area contributed by atoms with Gasteiger partial charge in [-0.05, 0) is 64.8 Å². The van der Waals surface area contributed by atoms with E-state index in [0.717, 1.165) is 28.7 Å². The normalized spacial score (nSPS) is 17.4. The van der Waals surface area contributed by atoms with Gasteiger partial charge in [0.05, 0.1) is 30.4 Å². The van der Waals surface area contributed by atoms with E-state index in [4.69, 9.17) is 14.2 Å². The van der Waals surface area contributed by atoms with Crippen LogP contribution in [-0.2, 0) is 14.2 Å². The number of esters is 2. The number of benzene rings is 4. The fourth-order valence-electron chi connectivity index (χ4n) is 5.20. The van der Waals surface area contributed by atoms with Gasteiger partial charge < -0.3 is 14.2 Å². The number of hydrogen-bond donors (Lipinski definition) is 0. The Morgan fingerprint density at radius 1 is 0.675 bits per heavy atom. The summed E-state index contributed by atoms with van der Waals surface area (Å²) in [5.74, 6) is -0.160. The molecule has 0 spiro atoms. The van der Waals surface area contributed by atoms with E-state index in [1.54, 1.807) is 31.4 Å². The van der Waals surface area contributed by atoms with E-state index in [0.29, 0.717) is 17.7 Å². The van der Waals surface area contributed by atoms with Crippen molar-refractivity contribution < 1.29 is 23.8 Å². The second kappa shape index (κ2) is 12.8. The predicted molar refractivity (Wildman–Crippen MR) is 156 cm³/mol. The molecule has 204 valence electrons. The second-order valence-electron chi connectivity index (χ2n) is 10.4. The lowest BCUT2D eigenvalue weighted by Gasteiger charge is -2.23. The molecule has 5 nitrogen and oxygen atoms in total. The van der Waals surface area contributed by atoms with Gasteiger partial charge in [-0.2, -0.15) is 0 Å². The Bertz CT molecular complexity index is 1400. The SMILES string of the molecule is CO[C@H]([C@H]1C[C@@H]1COC(=O)c1ccc(-c2ccccc2)cc1)[C@H](C)COC(=O)c1ccc(-c2ccccc2)cc1. The van der Waals surface area contributed by atoms with E-state index >= 15 is 0 Å². The average Bonchev–Trinajstić information content (AvgIpc) is 3.79. The monoisotopic (exact) mass is 534 g/mol. The summed E-state index contributed by atoms with van der Waals surface area (Å²) in [7, 11) is 1.68. The zero-order chi connectivity index (χ0) is 27.9. The summed E-state index contributed by atoms with van der Waals surface area (Å²) in [6, 6.07) is 35.0. The van der Waals surface area contributed by atoms with Crippen LogP contribution in [0.3, 0.4) is 0 Å². The molecule has 0 heterocycles. The molecular weight excluding hydrogens is 500 g/mol. The number of carbonyl (C=O) groups excluding carboxylic acids is 2. The Morgan fingerprint density at radius 2 is 1.12 bits per heavy atom. The molecule has 1 saturated carbocycles. The van der Waals surface area contributed by atoms with Gasteiger partial charge in [-0.3, -0.25) is 0 Å². The summed E-state index contributed by atoms with van der Waals surface area (Å²) in [6.45, 7) is 2.63. The largest absolute Gasteiger partial charge is 0.462 e. The second-order valence-corrected chi connectivity index (χ2v) is 10.4. The van der Waals surface area contributed by atoms with Crippen LogP contribution < -0.4 is 0 Å². The number of rotatable bonds is 11. The molecule has 5 heteroatoms. The average molecular weight is 535 g/mol. The Morgan fingerprint density at radius 3 is 1.60 bits per heavy atom. The molecule has 1 aliphatic carbocycles. The van der Waals surface area contributed by atoms with Gasteiger partial charge in [0.15, 0.2) is 0 Å². The molecular formula is C35H34O5.